The fourth-order valence-electron chi connectivity index (χ4n) is 1.68. The molecule has 0 saturated carbocycles. The van der Waals surface area contributed by atoms with Crippen LogP contribution in [0.1, 0.15) is 26.3 Å². The zero-order valence-electron chi connectivity index (χ0n) is 9.33. The zero-order chi connectivity index (χ0) is 13.1. The van der Waals surface area contributed by atoms with E-state index in [2.05, 4.69) is 0 Å². The van der Waals surface area contributed by atoms with E-state index in [1.165, 1.54) is 6.07 Å². The van der Waals surface area contributed by atoms with E-state index in [0.29, 0.717) is 11.8 Å². The summed E-state index contributed by atoms with van der Waals surface area (Å²) in [5.41, 5.74) is 0.237. The van der Waals surface area contributed by atoms with Gasteiger partial charge in [0.25, 0.3) is 0 Å². The van der Waals surface area contributed by atoms with Gasteiger partial charge in [0.15, 0.2) is 12.1 Å². The van der Waals surface area contributed by atoms with Crippen LogP contribution in [0.3, 0.4) is 0 Å². The van der Waals surface area contributed by atoms with Gasteiger partial charge in [0, 0.05) is 17.2 Å². The average molecular weight is 242 g/mol. The van der Waals surface area contributed by atoms with Gasteiger partial charge in [-0.1, -0.05) is 30.3 Å². The quantitative estimate of drug-likeness (QED) is 0.638. The van der Waals surface area contributed by atoms with Gasteiger partial charge < -0.3 is 10.2 Å². The largest absolute Gasteiger partial charge is 0.508 e. The highest BCUT2D eigenvalue weighted by molar-refractivity contribution is 6.13. The average Bonchev–Trinajstić information content (AvgIpc) is 2.38. The standard InChI is InChI=1S/C14H10O4/c15-8-12-11(6-10(16)7-13(12)17)14(18)9-4-2-1-3-5-9/h1-8,16-17H. The van der Waals surface area contributed by atoms with Crippen molar-refractivity contribution in [3.05, 3.63) is 59.2 Å². The van der Waals surface area contributed by atoms with Gasteiger partial charge in [-0.3, -0.25) is 9.59 Å². The predicted octanol–water partition coefficient (Wildman–Crippen LogP) is 2.14. The third-order valence-electron chi connectivity index (χ3n) is 2.54. The van der Waals surface area contributed by atoms with Crippen molar-refractivity contribution in [1.82, 2.24) is 0 Å². The first-order valence-electron chi connectivity index (χ1n) is 5.24. The maximum atomic E-state index is 12.1. The molecule has 18 heavy (non-hydrogen) atoms. The lowest BCUT2D eigenvalue weighted by molar-refractivity contribution is 0.102. The number of phenolic OH excluding ortho intramolecular Hbond substituents is 2. The lowest BCUT2D eigenvalue weighted by atomic mass is 9.98. The van der Waals surface area contributed by atoms with Gasteiger partial charge in [0.1, 0.15) is 11.5 Å². The Morgan fingerprint density at radius 1 is 1.06 bits per heavy atom. The smallest absolute Gasteiger partial charge is 0.194 e. The van der Waals surface area contributed by atoms with Gasteiger partial charge in [0.05, 0.1) is 5.56 Å². The minimum atomic E-state index is -0.427. The fraction of sp³-hybridized carbons (Fsp3) is 0. The number of carbonyl (C=O) groups is 2. The fourth-order valence-corrected chi connectivity index (χ4v) is 1.68. The number of hydrogen-bond donors (Lipinski definition) is 2. The molecule has 4 heteroatoms. The van der Waals surface area contributed by atoms with Crippen LogP contribution in [0.4, 0.5) is 0 Å². The van der Waals surface area contributed by atoms with Crippen LogP contribution < -0.4 is 0 Å². The molecule has 0 aromatic heterocycles. The number of aromatic hydroxyl groups is 2. The Morgan fingerprint density at radius 3 is 2.33 bits per heavy atom. The first kappa shape index (κ1) is 11.9. The van der Waals surface area contributed by atoms with Crippen molar-refractivity contribution in [3.63, 3.8) is 0 Å². The van der Waals surface area contributed by atoms with E-state index in [4.69, 9.17) is 0 Å². The summed E-state index contributed by atoms with van der Waals surface area (Å²) in [5.74, 6) is -1.11. The summed E-state index contributed by atoms with van der Waals surface area (Å²) in [6.45, 7) is 0. The van der Waals surface area contributed by atoms with Gasteiger partial charge in [-0.25, -0.2) is 0 Å². The van der Waals surface area contributed by atoms with Gasteiger partial charge in [0.2, 0.25) is 0 Å². The number of hydrogen-bond acceptors (Lipinski definition) is 4. The highest BCUT2D eigenvalue weighted by Gasteiger charge is 2.17. The van der Waals surface area contributed by atoms with Crippen molar-refractivity contribution in [3.8, 4) is 11.5 Å². The van der Waals surface area contributed by atoms with Crippen molar-refractivity contribution in [2.45, 2.75) is 0 Å². The molecule has 0 saturated heterocycles. The number of phenols is 2. The van der Waals surface area contributed by atoms with Crippen LogP contribution in [-0.2, 0) is 0 Å². The van der Waals surface area contributed by atoms with Crippen LogP contribution in [0, 0.1) is 0 Å². The van der Waals surface area contributed by atoms with Crippen LogP contribution in [0.2, 0.25) is 0 Å². The minimum absolute atomic E-state index is 0.0197. The first-order chi connectivity index (χ1) is 8.63. The van der Waals surface area contributed by atoms with Gasteiger partial charge in [-0.15, -0.1) is 0 Å². The zero-order valence-corrected chi connectivity index (χ0v) is 9.33. The van der Waals surface area contributed by atoms with Crippen molar-refractivity contribution >= 4 is 12.1 Å². The second-order valence-electron chi connectivity index (χ2n) is 3.74. The molecule has 0 bridgehead atoms. The monoisotopic (exact) mass is 242 g/mol. The lowest BCUT2D eigenvalue weighted by Crippen LogP contribution is -2.05. The Hall–Kier alpha value is -2.62. The Kier molecular flexibility index (Phi) is 3.10. The van der Waals surface area contributed by atoms with Gasteiger partial charge in [-0.2, -0.15) is 0 Å². The van der Waals surface area contributed by atoms with E-state index in [9.17, 15) is 19.8 Å². The second kappa shape index (κ2) is 4.71. The molecule has 0 heterocycles. The molecular weight excluding hydrogens is 232 g/mol. The van der Waals surface area contributed by atoms with E-state index in [0.717, 1.165) is 6.07 Å². The van der Waals surface area contributed by atoms with E-state index in [1.807, 2.05) is 0 Å². The summed E-state index contributed by atoms with van der Waals surface area (Å²) in [7, 11) is 0. The SMILES string of the molecule is O=Cc1c(O)cc(O)cc1C(=O)c1ccccc1. The topological polar surface area (TPSA) is 74.6 Å². The molecule has 4 nitrogen and oxygen atoms in total. The molecule has 2 aromatic rings. The Morgan fingerprint density at radius 2 is 1.72 bits per heavy atom. The number of carbonyl (C=O) groups excluding carboxylic acids is 2. The van der Waals surface area contributed by atoms with Crippen LogP contribution in [0.25, 0.3) is 0 Å². The van der Waals surface area contributed by atoms with Crippen molar-refractivity contribution < 1.29 is 19.8 Å². The van der Waals surface area contributed by atoms with E-state index in [1.54, 1.807) is 30.3 Å². The summed E-state index contributed by atoms with van der Waals surface area (Å²) in [4.78, 5) is 23.1. The molecule has 0 aliphatic carbocycles. The number of rotatable bonds is 3. The molecule has 0 aliphatic heterocycles. The maximum Gasteiger partial charge on any atom is 0.194 e. The molecular formula is C14H10O4. The molecule has 0 fully saturated rings. The van der Waals surface area contributed by atoms with Crippen LogP contribution in [-0.4, -0.2) is 22.3 Å². The van der Waals surface area contributed by atoms with Crippen molar-refractivity contribution in [2.75, 3.05) is 0 Å². The Bertz CT molecular complexity index is 603. The number of benzene rings is 2. The van der Waals surface area contributed by atoms with Gasteiger partial charge in [-0.05, 0) is 6.07 Å². The third kappa shape index (κ3) is 2.08. The minimum Gasteiger partial charge on any atom is -0.508 e. The predicted molar refractivity (Wildman–Crippen MR) is 65.0 cm³/mol. The Balaban J connectivity index is 2.58. The summed E-state index contributed by atoms with van der Waals surface area (Å²) in [6.07, 6.45) is 0.394. The van der Waals surface area contributed by atoms with E-state index in [-0.39, 0.29) is 16.9 Å². The molecule has 0 aliphatic rings. The molecule has 0 atom stereocenters. The summed E-state index contributed by atoms with van der Waals surface area (Å²) < 4.78 is 0. The molecule has 0 radical (unpaired) electrons. The highest BCUT2D eigenvalue weighted by Crippen LogP contribution is 2.27. The number of aldehydes is 1. The van der Waals surface area contributed by atoms with Crippen molar-refractivity contribution in [1.29, 1.82) is 0 Å². The molecule has 0 spiro atoms. The molecule has 0 unspecified atom stereocenters. The third-order valence-corrected chi connectivity index (χ3v) is 2.54. The molecule has 90 valence electrons. The van der Waals surface area contributed by atoms with Crippen LogP contribution in [0.15, 0.2) is 42.5 Å². The van der Waals surface area contributed by atoms with Gasteiger partial charge >= 0.3 is 0 Å². The van der Waals surface area contributed by atoms with Crippen molar-refractivity contribution in [2.24, 2.45) is 0 Å². The summed E-state index contributed by atoms with van der Waals surface area (Å²) >= 11 is 0. The second-order valence-corrected chi connectivity index (χ2v) is 3.74. The maximum absolute atomic E-state index is 12.1. The highest BCUT2D eigenvalue weighted by atomic mass is 16.3. The van der Waals surface area contributed by atoms with Crippen LogP contribution >= 0.6 is 0 Å². The Labute approximate surface area is 103 Å². The molecule has 2 N–H and O–H groups in total. The normalized spacial score (nSPS) is 10.0. The van der Waals surface area contributed by atoms with E-state index >= 15 is 0 Å². The van der Waals surface area contributed by atoms with Crippen LogP contribution in [0.5, 0.6) is 11.5 Å². The summed E-state index contributed by atoms with van der Waals surface area (Å²) in [5, 5.41) is 18.9. The summed E-state index contributed by atoms with van der Waals surface area (Å²) in [6, 6.07) is 10.5. The molecule has 2 rings (SSSR count). The van der Waals surface area contributed by atoms with E-state index < -0.39 is 11.5 Å². The first-order valence-corrected chi connectivity index (χ1v) is 5.24. The lowest BCUT2D eigenvalue weighted by Gasteiger charge is -2.07. The molecule has 2 aromatic carbocycles. The number of ketones is 1. The molecule has 0 amide bonds.